The molecule has 1 aliphatic carbocycles. The first-order valence-electron chi connectivity index (χ1n) is 23.6. The smallest absolute Gasteiger partial charge is 0.270 e. The van der Waals surface area contributed by atoms with Crippen LogP contribution in [0.15, 0.2) is 88.6 Å². The number of guanidine groups is 1. The summed E-state index contributed by atoms with van der Waals surface area (Å²) >= 11 is 4.67. The summed E-state index contributed by atoms with van der Waals surface area (Å²) in [6.45, 7) is 14.1. The Balaban J connectivity index is 0.000000199. The number of benzene rings is 2. The van der Waals surface area contributed by atoms with Crippen molar-refractivity contribution in [1.29, 1.82) is 0 Å². The van der Waals surface area contributed by atoms with E-state index in [1.807, 2.05) is 67.6 Å². The molecular formula is C49H71BrN10O7S. The summed E-state index contributed by atoms with van der Waals surface area (Å²) in [5, 5.41) is 53.3. The van der Waals surface area contributed by atoms with Crippen molar-refractivity contribution in [3.63, 3.8) is 0 Å². The molecule has 2 aliphatic heterocycles. The van der Waals surface area contributed by atoms with Crippen LogP contribution < -0.4 is 30.9 Å². The van der Waals surface area contributed by atoms with Gasteiger partial charge in [-0.1, -0.05) is 54.6 Å². The molecule has 3 aliphatic rings. The van der Waals surface area contributed by atoms with Gasteiger partial charge in [-0.15, -0.1) is 4.37 Å². The van der Waals surface area contributed by atoms with Gasteiger partial charge >= 0.3 is 0 Å². The number of ether oxygens (including phenoxy) is 2. The number of amides is 1. The normalized spacial score (nSPS) is 20.2. The Hall–Kier alpha value is -4.60. The molecule has 4 heterocycles. The lowest BCUT2D eigenvalue weighted by molar-refractivity contribution is -0.121. The van der Waals surface area contributed by atoms with Crippen LogP contribution in [0.1, 0.15) is 71.8 Å². The van der Waals surface area contributed by atoms with Gasteiger partial charge in [0.15, 0.2) is 5.96 Å². The van der Waals surface area contributed by atoms with Crippen LogP contribution in [0, 0.1) is 11.8 Å². The Labute approximate surface area is 413 Å². The van der Waals surface area contributed by atoms with Gasteiger partial charge in [0.2, 0.25) is 11.7 Å². The Morgan fingerprint density at radius 2 is 1.84 bits per heavy atom. The van der Waals surface area contributed by atoms with Gasteiger partial charge in [0.1, 0.15) is 18.2 Å². The number of aliphatic hydroxyl groups is 4. The van der Waals surface area contributed by atoms with E-state index < -0.39 is 24.4 Å². The molecule has 0 spiro atoms. The predicted octanol–water partition coefficient (Wildman–Crippen LogP) is 5.41. The standard InChI is InChI=1S/C25H37NO4.C13H24N4O3S.C11H10BrN5/c1-2-26-25(30)13-9-4-3-8-12-21-22(24(29)18-23(21)28)17-16-20(27)15-14-19-10-6-5-7-11-19;1-13(2,3)14-8-10(18)9-20-12-11(15-21-16-12)17-4-6-19-7-5-17;12-9-7(17-11-15-5-6-16-11)1-2-8-10(9)14-4-3-13-8/h3,5-8,10-11,16-17,20-24,27-29H,2,4,9,12-15,18H2,1H3,(H,26,30);10,14,18H,4-9H2,1-3H3;1-4H,5-6H2,(H2,15,16,17)/b8-3-,17-16+;;/t20-,21+,22+,23-,24+;10-;/m00./s1. The first kappa shape index (κ1) is 54.3. The molecule has 17 nitrogen and oxygen atoms in total. The molecule has 4 aromatic rings. The number of hydrogen-bond acceptors (Lipinski definition) is 17. The third-order valence-electron chi connectivity index (χ3n) is 11.3. The number of morpholine rings is 1. The first-order chi connectivity index (χ1) is 32.8. The van der Waals surface area contributed by atoms with Crippen LogP contribution in [-0.4, -0.2) is 140 Å². The van der Waals surface area contributed by atoms with Gasteiger partial charge in [-0.25, -0.2) is 0 Å². The number of aliphatic imine (C=N–C) groups is 1. The number of rotatable bonds is 19. The van der Waals surface area contributed by atoms with Crippen molar-refractivity contribution in [3.8, 4) is 5.88 Å². The number of carbonyl (C=O) groups is 1. The van der Waals surface area contributed by atoms with Crippen molar-refractivity contribution < 1.29 is 34.7 Å². The number of allylic oxidation sites excluding steroid dienone is 2. The van der Waals surface area contributed by atoms with E-state index in [0.717, 1.165) is 90.1 Å². The van der Waals surface area contributed by atoms with Crippen LogP contribution >= 0.6 is 27.7 Å². The Bertz CT molecular complexity index is 2190. The minimum atomic E-state index is -0.589. The number of carbonyl (C=O) groups excluding carboxylic acids is 1. The number of hydrogen-bond donors (Lipinski definition) is 8. The molecule has 19 heteroatoms. The van der Waals surface area contributed by atoms with Crippen molar-refractivity contribution in [2.45, 2.75) is 103 Å². The highest BCUT2D eigenvalue weighted by Gasteiger charge is 2.39. The molecule has 2 aromatic heterocycles. The summed E-state index contributed by atoms with van der Waals surface area (Å²) in [6, 6.07) is 14.0. The Morgan fingerprint density at radius 3 is 2.57 bits per heavy atom. The van der Waals surface area contributed by atoms with E-state index in [4.69, 9.17) is 9.47 Å². The number of aliphatic hydroxyl groups excluding tert-OH is 4. The first-order valence-corrected chi connectivity index (χ1v) is 25.2. The van der Waals surface area contributed by atoms with Crippen LogP contribution in [0.2, 0.25) is 0 Å². The zero-order valence-electron chi connectivity index (χ0n) is 39.8. The summed E-state index contributed by atoms with van der Waals surface area (Å²) in [4.78, 5) is 26.4. The average Bonchev–Trinajstić information content (AvgIpc) is 4.10. The van der Waals surface area contributed by atoms with Gasteiger partial charge in [-0.2, -0.15) is 4.37 Å². The lowest BCUT2D eigenvalue weighted by Gasteiger charge is -2.27. The number of nitrogens with one attached hydrogen (secondary N) is 4. The van der Waals surface area contributed by atoms with E-state index in [9.17, 15) is 25.2 Å². The molecule has 372 valence electrons. The predicted molar refractivity (Wildman–Crippen MR) is 273 cm³/mol. The number of anilines is 2. The number of fused-ring (bicyclic) bond motifs is 1. The van der Waals surface area contributed by atoms with Gasteiger partial charge in [-0.3, -0.25) is 19.8 Å². The maximum absolute atomic E-state index is 11.4. The van der Waals surface area contributed by atoms with E-state index in [1.165, 1.54) is 5.56 Å². The molecule has 0 radical (unpaired) electrons. The van der Waals surface area contributed by atoms with Gasteiger partial charge in [0, 0.05) is 69.4 Å². The van der Waals surface area contributed by atoms with Crippen molar-refractivity contribution in [1.82, 2.24) is 34.7 Å². The Morgan fingerprint density at radius 1 is 1.06 bits per heavy atom. The molecule has 8 N–H and O–H groups in total. The summed E-state index contributed by atoms with van der Waals surface area (Å²) in [5.74, 6) is 1.91. The second-order valence-corrected chi connectivity index (χ2v) is 19.2. The quantitative estimate of drug-likeness (QED) is 0.0434. The number of aromatic nitrogens is 4. The molecule has 1 saturated heterocycles. The molecule has 1 amide bonds. The van der Waals surface area contributed by atoms with E-state index in [1.54, 1.807) is 18.5 Å². The van der Waals surface area contributed by atoms with Crippen molar-refractivity contribution in [2.75, 3.05) is 69.3 Å². The van der Waals surface area contributed by atoms with Crippen LogP contribution in [0.5, 0.6) is 5.88 Å². The third-order valence-corrected chi connectivity index (χ3v) is 12.6. The van der Waals surface area contributed by atoms with Crippen molar-refractivity contribution in [2.24, 2.45) is 16.8 Å². The highest BCUT2D eigenvalue weighted by atomic mass is 79.9. The zero-order valence-corrected chi connectivity index (χ0v) is 42.2. The second-order valence-electron chi connectivity index (χ2n) is 17.9. The lowest BCUT2D eigenvalue weighted by Crippen LogP contribution is -2.42. The number of nitrogens with zero attached hydrogens (tertiary/aromatic N) is 6. The number of aryl methyl sites for hydroxylation is 1. The lowest BCUT2D eigenvalue weighted by atomic mass is 9.89. The van der Waals surface area contributed by atoms with E-state index in [0.29, 0.717) is 57.9 Å². The average molecular weight is 1020 g/mol. The SMILES string of the molecule is Brc1c(NC2=NCCN2)ccc2nccnc12.CC(C)(C)NC[C@H](O)COc1nsnc1N1CCOCC1.CCNC(=O)CCC/C=C\C[C@@H]1[C@@H](/C=C/[C@@H](O)CCc2ccccc2)[C@H](O)C[C@@H]1O. The zero-order chi connectivity index (χ0) is 48.7. The van der Waals surface area contributed by atoms with Crippen LogP contribution in [0.3, 0.4) is 0 Å². The summed E-state index contributed by atoms with van der Waals surface area (Å²) < 4.78 is 20.3. The van der Waals surface area contributed by atoms with Crippen LogP contribution in [-0.2, 0) is 16.0 Å². The molecule has 0 bridgehead atoms. The molecule has 7 rings (SSSR count). The highest BCUT2D eigenvalue weighted by Crippen LogP contribution is 2.36. The number of halogens is 1. The molecule has 0 unspecified atom stereocenters. The Kier molecular flexibility index (Phi) is 23.0. The van der Waals surface area contributed by atoms with Gasteiger partial charge < -0.3 is 56.1 Å². The van der Waals surface area contributed by atoms with Gasteiger partial charge in [0.25, 0.3) is 5.88 Å². The summed E-state index contributed by atoms with van der Waals surface area (Å²) in [6.07, 6.45) is 13.4. The number of unbranched alkanes of at least 4 members (excludes halogenated alkanes) is 1. The van der Waals surface area contributed by atoms with Gasteiger partial charge in [0.05, 0.1) is 65.5 Å². The molecule has 68 heavy (non-hydrogen) atoms. The van der Waals surface area contributed by atoms with E-state index in [2.05, 4.69) is 86.6 Å². The van der Waals surface area contributed by atoms with Gasteiger partial charge in [-0.05, 0) is 99.3 Å². The minimum Gasteiger partial charge on any atom is -0.472 e. The van der Waals surface area contributed by atoms with E-state index >= 15 is 0 Å². The fraction of sp³-hybridized carbons (Fsp3) is 0.551. The summed E-state index contributed by atoms with van der Waals surface area (Å²) in [7, 11) is 0. The fourth-order valence-corrected chi connectivity index (χ4v) is 8.71. The minimum absolute atomic E-state index is 0.0257. The molecule has 2 aromatic carbocycles. The molecule has 1 saturated carbocycles. The topological polar surface area (TPSA) is 232 Å². The monoisotopic (exact) mass is 1020 g/mol. The van der Waals surface area contributed by atoms with Crippen LogP contribution in [0.4, 0.5) is 11.5 Å². The summed E-state index contributed by atoms with van der Waals surface area (Å²) in [5.41, 5.74) is 3.81. The van der Waals surface area contributed by atoms with Crippen molar-refractivity contribution in [3.05, 3.63) is 89.2 Å². The molecule has 2 fully saturated rings. The maximum Gasteiger partial charge on any atom is 0.270 e. The molecular weight excluding hydrogens is 953 g/mol. The fourth-order valence-electron chi connectivity index (χ4n) is 7.66. The highest BCUT2D eigenvalue weighted by molar-refractivity contribution is 9.10. The second kappa shape index (κ2) is 28.8. The largest absolute Gasteiger partial charge is 0.472 e. The van der Waals surface area contributed by atoms with E-state index in [-0.39, 0.29) is 29.9 Å². The maximum atomic E-state index is 11.4. The third kappa shape index (κ3) is 18.7. The van der Waals surface area contributed by atoms with Crippen LogP contribution in [0.25, 0.3) is 11.0 Å². The molecule has 6 atom stereocenters. The number of β-amino-alcohol motifs (C(OH)–C–C–N with tert-alkyl or cyclic N) is 1. The van der Waals surface area contributed by atoms with Crippen molar-refractivity contribution >= 4 is 62.1 Å².